The fourth-order valence-corrected chi connectivity index (χ4v) is 1.80. The number of carboxylic acids is 1. The van der Waals surface area contributed by atoms with Crippen LogP contribution in [0.2, 0.25) is 0 Å². The molecule has 1 aromatic heterocycles. The van der Waals surface area contributed by atoms with Crippen molar-refractivity contribution in [1.82, 2.24) is 9.97 Å². The summed E-state index contributed by atoms with van der Waals surface area (Å²) in [4.78, 5) is 18.0. The largest absolute Gasteiger partial charge is 0.534 e. The molecule has 1 aromatic carbocycles. The average molecular weight is 322 g/mol. The molecule has 2 aromatic rings. The molecule has 0 fully saturated rings. The Balaban J connectivity index is 2.49. The van der Waals surface area contributed by atoms with Gasteiger partial charge in [-0.1, -0.05) is 6.07 Å². The van der Waals surface area contributed by atoms with Crippen LogP contribution in [0.4, 0.5) is 13.2 Å². The van der Waals surface area contributed by atoms with E-state index in [0.29, 0.717) is 6.20 Å². The average Bonchev–Trinajstić information content (AvgIpc) is 2.35. The quantitative estimate of drug-likeness (QED) is 0.675. The molecule has 1 heterocycles. The summed E-state index contributed by atoms with van der Waals surface area (Å²) in [5.74, 6) is -2.23. The second-order valence-electron chi connectivity index (χ2n) is 3.67. The third-order valence-corrected chi connectivity index (χ3v) is 3.22. The molecule has 11 heteroatoms. The van der Waals surface area contributed by atoms with Crippen LogP contribution < -0.4 is 4.18 Å². The van der Waals surface area contributed by atoms with E-state index >= 15 is 0 Å². The monoisotopic (exact) mass is 322 g/mol. The smallest absolute Gasteiger partial charge is 0.478 e. The molecule has 21 heavy (non-hydrogen) atoms. The Morgan fingerprint density at radius 3 is 2.52 bits per heavy atom. The van der Waals surface area contributed by atoms with Gasteiger partial charge < -0.3 is 9.29 Å². The van der Waals surface area contributed by atoms with Crippen molar-refractivity contribution in [2.45, 2.75) is 5.51 Å². The molecule has 0 spiro atoms. The third kappa shape index (κ3) is 2.86. The standard InChI is InChI=1S/C10H5F3N2O5S/c11-10(12,13)21(18,19)20-7-4-14-8-5(9(16)17)2-1-3-6(8)15-7/h1-4H,(H,16,17). The predicted octanol–water partition coefficient (Wildman–Crippen LogP) is 1.56. The zero-order chi connectivity index (χ0) is 15.8. The first kappa shape index (κ1) is 15.0. The maximum absolute atomic E-state index is 12.2. The highest BCUT2D eigenvalue weighted by Crippen LogP contribution is 2.26. The van der Waals surface area contributed by atoms with Crippen LogP contribution in [-0.4, -0.2) is 35.0 Å². The number of halogens is 3. The highest BCUT2D eigenvalue weighted by Gasteiger charge is 2.48. The molecular weight excluding hydrogens is 317 g/mol. The molecule has 7 nitrogen and oxygen atoms in total. The summed E-state index contributed by atoms with van der Waals surface area (Å²) in [6.45, 7) is 0. The van der Waals surface area contributed by atoms with Gasteiger partial charge in [-0.2, -0.15) is 21.6 Å². The van der Waals surface area contributed by atoms with E-state index < -0.39 is 27.5 Å². The van der Waals surface area contributed by atoms with Gasteiger partial charge in [-0.3, -0.25) is 0 Å². The minimum Gasteiger partial charge on any atom is -0.478 e. The van der Waals surface area contributed by atoms with E-state index in [-0.39, 0.29) is 16.6 Å². The number of aromatic carboxylic acids is 1. The van der Waals surface area contributed by atoms with Crippen LogP contribution in [0.15, 0.2) is 24.4 Å². The van der Waals surface area contributed by atoms with Gasteiger partial charge in [-0.15, -0.1) is 0 Å². The molecule has 0 amide bonds. The Bertz CT molecular complexity index is 819. The fraction of sp³-hybridized carbons (Fsp3) is 0.100. The summed E-state index contributed by atoms with van der Waals surface area (Å²) in [7, 11) is -5.86. The van der Waals surface area contributed by atoms with E-state index in [0.717, 1.165) is 0 Å². The SMILES string of the molecule is O=C(O)c1cccc2nc(OS(=O)(=O)C(F)(F)F)cnc12. The van der Waals surface area contributed by atoms with Crippen LogP contribution >= 0.6 is 0 Å². The van der Waals surface area contributed by atoms with Gasteiger partial charge in [0.05, 0.1) is 17.3 Å². The topological polar surface area (TPSA) is 106 Å². The number of aromatic nitrogens is 2. The first-order valence-electron chi connectivity index (χ1n) is 5.11. The summed E-state index contributed by atoms with van der Waals surface area (Å²) in [6.07, 6.45) is 0.595. The summed E-state index contributed by atoms with van der Waals surface area (Å²) < 4.78 is 61.9. The number of carbonyl (C=O) groups is 1. The van der Waals surface area contributed by atoms with Gasteiger partial charge in [0.25, 0.3) is 5.88 Å². The van der Waals surface area contributed by atoms with E-state index in [1.165, 1.54) is 18.2 Å². The van der Waals surface area contributed by atoms with E-state index in [1.807, 2.05) is 0 Å². The molecule has 112 valence electrons. The molecule has 0 aliphatic heterocycles. The number of nitrogens with zero attached hydrogens (tertiary/aromatic N) is 2. The van der Waals surface area contributed by atoms with Crippen molar-refractivity contribution >= 4 is 27.1 Å². The lowest BCUT2D eigenvalue weighted by atomic mass is 10.2. The summed E-state index contributed by atoms with van der Waals surface area (Å²) in [5, 5.41) is 8.90. The van der Waals surface area contributed by atoms with Gasteiger partial charge >= 0.3 is 21.6 Å². The Kier molecular flexibility index (Phi) is 3.45. The molecule has 2 rings (SSSR count). The van der Waals surface area contributed by atoms with Crippen molar-refractivity contribution in [3.8, 4) is 5.88 Å². The van der Waals surface area contributed by atoms with Crippen molar-refractivity contribution in [2.75, 3.05) is 0 Å². The van der Waals surface area contributed by atoms with Crippen LogP contribution in [0.1, 0.15) is 10.4 Å². The Labute approximate surface area is 115 Å². The van der Waals surface area contributed by atoms with Gasteiger partial charge in [0.15, 0.2) is 0 Å². The summed E-state index contributed by atoms with van der Waals surface area (Å²) in [5.41, 5.74) is -6.07. The van der Waals surface area contributed by atoms with Crippen LogP contribution in [0.5, 0.6) is 5.88 Å². The first-order valence-corrected chi connectivity index (χ1v) is 6.52. The van der Waals surface area contributed by atoms with Crippen LogP contribution in [-0.2, 0) is 10.1 Å². The number of fused-ring (bicyclic) bond motifs is 1. The molecule has 0 saturated heterocycles. The zero-order valence-corrected chi connectivity index (χ0v) is 10.6. The molecule has 0 bridgehead atoms. The number of para-hydroxylation sites is 1. The van der Waals surface area contributed by atoms with E-state index in [1.54, 1.807) is 0 Å². The summed E-state index contributed by atoms with van der Waals surface area (Å²) in [6, 6.07) is 3.75. The second-order valence-corrected chi connectivity index (χ2v) is 5.21. The Morgan fingerprint density at radius 1 is 1.29 bits per heavy atom. The minimum absolute atomic E-state index is 0.109. The number of alkyl halides is 3. The summed E-state index contributed by atoms with van der Waals surface area (Å²) >= 11 is 0. The number of hydrogen-bond acceptors (Lipinski definition) is 6. The van der Waals surface area contributed by atoms with Gasteiger partial charge in [0, 0.05) is 0 Å². The van der Waals surface area contributed by atoms with Gasteiger partial charge in [-0.25, -0.2) is 14.8 Å². The van der Waals surface area contributed by atoms with Crippen molar-refractivity contribution in [3.63, 3.8) is 0 Å². The lowest BCUT2D eigenvalue weighted by Gasteiger charge is -2.09. The normalized spacial score (nSPS) is 12.3. The maximum Gasteiger partial charge on any atom is 0.534 e. The van der Waals surface area contributed by atoms with Crippen LogP contribution in [0.25, 0.3) is 11.0 Å². The first-order chi connectivity index (χ1) is 9.62. The minimum atomic E-state index is -5.86. The lowest BCUT2D eigenvalue weighted by Crippen LogP contribution is -2.28. The molecule has 0 aliphatic rings. The molecule has 0 saturated carbocycles. The Hall–Kier alpha value is -2.43. The molecule has 0 atom stereocenters. The second kappa shape index (κ2) is 4.84. The third-order valence-electron chi connectivity index (χ3n) is 2.26. The predicted molar refractivity (Wildman–Crippen MR) is 62.1 cm³/mol. The number of rotatable bonds is 3. The highest BCUT2D eigenvalue weighted by molar-refractivity contribution is 7.87. The number of hydrogen-bond donors (Lipinski definition) is 1. The van der Waals surface area contributed by atoms with Crippen LogP contribution in [0, 0.1) is 0 Å². The maximum atomic E-state index is 12.2. The van der Waals surface area contributed by atoms with E-state index in [9.17, 15) is 26.4 Å². The number of benzene rings is 1. The lowest BCUT2D eigenvalue weighted by molar-refractivity contribution is -0.0501. The van der Waals surface area contributed by atoms with E-state index in [4.69, 9.17) is 5.11 Å². The fourth-order valence-electron chi connectivity index (χ4n) is 1.40. The van der Waals surface area contributed by atoms with Crippen molar-refractivity contribution in [3.05, 3.63) is 30.0 Å². The molecule has 0 unspecified atom stereocenters. The van der Waals surface area contributed by atoms with Crippen molar-refractivity contribution in [1.29, 1.82) is 0 Å². The van der Waals surface area contributed by atoms with Crippen LogP contribution in [0.3, 0.4) is 0 Å². The number of carboxylic acid groups (broad SMARTS) is 1. The highest BCUT2D eigenvalue weighted by atomic mass is 32.2. The van der Waals surface area contributed by atoms with Crippen molar-refractivity contribution < 1.29 is 35.7 Å². The molecule has 0 radical (unpaired) electrons. The molecular formula is C10H5F3N2O5S. The molecule has 0 aliphatic carbocycles. The molecule has 1 N–H and O–H groups in total. The Morgan fingerprint density at radius 2 is 1.95 bits per heavy atom. The van der Waals surface area contributed by atoms with Gasteiger partial charge in [-0.05, 0) is 12.1 Å². The van der Waals surface area contributed by atoms with E-state index in [2.05, 4.69) is 14.2 Å². The van der Waals surface area contributed by atoms with Gasteiger partial charge in [0.2, 0.25) is 0 Å². The van der Waals surface area contributed by atoms with Gasteiger partial charge in [0.1, 0.15) is 5.52 Å². The van der Waals surface area contributed by atoms with Crippen molar-refractivity contribution in [2.24, 2.45) is 0 Å². The zero-order valence-electron chi connectivity index (χ0n) is 9.83.